The molecule has 0 radical (unpaired) electrons. The van der Waals surface area contributed by atoms with Crippen molar-refractivity contribution in [3.8, 4) is 11.8 Å². The van der Waals surface area contributed by atoms with Gasteiger partial charge in [-0.25, -0.2) is 0 Å². The molecule has 0 aromatic rings. The van der Waals surface area contributed by atoms with Crippen LogP contribution in [0.5, 0.6) is 0 Å². The summed E-state index contributed by atoms with van der Waals surface area (Å²) in [7, 11) is 0. The monoisotopic (exact) mass is 168 g/mol. The van der Waals surface area contributed by atoms with Crippen molar-refractivity contribution in [2.75, 3.05) is 0 Å². The number of aliphatic hydroxyl groups is 1. The highest BCUT2D eigenvalue weighted by Gasteiger charge is 2.12. The standard InChI is InChI=1S/C11H20O/c1-4-7-9-10(8-5-2)11(12)6-3/h10-12H,4-6,8H2,1-3H3. The van der Waals surface area contributed by atoms with Crippen molar-refractivity contribution in [3.05, 3.63) is 0 Å². The molecule has 0 aliphatic rings. The van der Waals surface area contributed by atoms with Gasteiger partial charge in [-0.2, -0.15) is 0 Å². The van der Waals surface area contributed by atoms with Crippen LogP contribution in [0, 0.1) is 17.8 Å². The molecule has 1 N–H and O–H groups in total. The summed E-state index contributed by atoms with van der Waals surface area (Å²) >= 11 is 0. The average Bonchev–Trinajstić information content (AvgIpc) is 2.11. The molecular weight excluding hydrogens is 148 g/mol. The highest BCUT2D eigenvalue weighted by Crippen LogP contribution is 2.12. The summed E-state index contributed by atoms with van der Waals surface area (Å²) in [4.78, 5) is 0. The zero-order valence-corrected chi connectivity index (χ0v) is 8.43. The van der Waals surface area contributed by atoms with Crippen LogP contribution in [0.15, 0.2) is 0 Å². The smallest absolute Gasteiger partial charge is 0.0675 e. The van der Waals surface area contributed by atoms with Gasteiger partial charge in [-0.3, -0.25) is 0 Å². The first kappa shape index (κ1) is 11.5. The van der Waals surface area contributed by atoms with E-state index in [0.717, 1.165) is 25.7 Å². The molecule has 2 unspecified atom stereocenters. The molecule has 2 atom stereocenters. The van der Waals surface area contributed by atoms with Crippen LogP contribution in [0.3, 0.4) is 0 Å². The first-order valence-corrected chi connectivity index (χ1v) is 4.92. The average molecular weight is 168 g/mol. The second kappa shape index (κ2) is 7.18. The summed E-state index contributed by atoms with van der Waals surface area (Å²) in [6.45, 7) is 6.16. The summed E-state index contributed by atoms with van der Waals surface area (Å²) in [6.07, 6.45) is 3.57. The third kappa shape index (κ3) is 4.41. The zero-order valence-electron chi connectivity index (χ0n) is 8.43. The van der Waals surface area contributed by atoms with Crippen LogP contribution in [0.4, 0.5) is 0 Å². The van der Waals surface area contributed by atoms with Crippen LogP contribution in [-0.2, 0) is 0 Å². The van der Waals surface area contributed by atoms with Gasteiger partial charge >= 0.3 is 0 Å². The largest absolute Gasteiger partial charge is 0.392 e. The third-order valence-corrected chi connectivity index (χ3v) is 1.95. The van der Waals surface area contributed by atoms with Crippen molar-refractivity contribution in [3.63, 3.8) is 0 Å². The van der Waals surface area contributed by atoms with Gasteiger partial charge in [-0.05, 0) is 12.8 Å². The van der Waals surface area contributed by atoms with Gasteiger partial charge in [0.05, 0.1) is 6.10 Å². The molecule has 0 heterocycles. The van der Waals surface area contributed by atoms with Crippen LogP contribution in [0.25, 0.3) is 0 Å². The second-order valence-electron chi connectivity index (χ2n) is 3.05. The van der Waals surface area contributed by atoms with Crippen molar-refractivity contribution in [2.45, 2.75) is 52.6 Å². The lowest BCUT2D eigenvalue weighted by Crippen LogP contribution is -2.17. The molecule has 0 aliphatic carbocycles. The van der Waals surface area contributed by atoms with Crippen molar-refractivity contribution in [2.24, 2.45) is 5.92 Å². The molecule has 1 nitrogen and oxygen atoms in total. The summed E-state index contributed by atoms with van der Waals surface area (Å²) in [5.74, 6) is 6.35. The van der Waals surface area contributed by atoms with E-state index in [1.54, 1.807) is 0 Å². The van der Waals surface area contributed by atoms with Gasteiger partial charge < -0.3 is 5.11 Å². The highest BCUT2D eigenvalue weighted by atomic mass is 16.3. The fraction of sp³-hybridized carbons (Fsp3) is 0.818. The fourth-order valence-corrected chi connectivity index (χ4v) is 1.19. The number of rotatable bonds is 4. The summed E-state index contributed by atoms with van der Waals surface area (Å²) in [6, 6.07) is 0. The van der Waals surface area contributed by atoms with Gasteiger partial charge in [0.2, 0.25) is 0 Å². The van der Waals surface area contributed by atoms with Gasteiger partial charge in [0, 0.05) is 12.3 Å². The van der Waals surface area contributed by atoms with E-state index < -0.39 is 0 Å². The van der Waals surface area contributed by atoms with E-state index in [9.17, 15) is 5.11 Å². The van der Waals surface area contributed by atoms with E-state index in [4.69, 9.17) is 0 Å². The van der Waals surface area contributed by atoms with E-state index in [2.05, 4.69) is 18.8 Å². The normalized spacial score (nSPS) is 14.7. The second-order valence-corrected chi connectivity index (χ2v) is 3.05. The number of aliphatic hydroxyl groups excluding tert-OH is 1. The summed E-state index contributed by atoms with van der Waals surface area (Å²) < 4.78 is 0. The van der Waals surface area contributed by atoms with Crippen molar-refractivity contribution in [1.82, 2.24) is 0 Å². The van der Waals surface area contributed by atoms with E-state index in [0.29, 0.717) is 0 Å². The Labute approximate surface area is 76.2 Å². The first-order chi connectivity index (χ1) is 5.76. The van der Waals surface area contributed by atoms with Gasteiger partial charge in [0.15, 0.2) is 0 Å². The zero-order chi connectivity index (χ0) is 9.40. The van der Waals surface area contributed by atoms with Crippen molar-refractivity contribution in [1.29, 1.82) is 0 Å². The molecular formula is C11H20O. The van der Waals surface area contributed by atoms with Gasteiger partial charge in [-0.15, -0.1) is 5.92 Å². The van der Waals surface area contributed by atoms with E-state index in [-0.39, 0.29) is 12.0 Å². The maximum absolute atomic E-state index is 9.57. The molecule has 0 spiro atoms. The van der Waals surface area contributed by atoms with E-state index in [1.807, 2.05) is 13.8 Å². The van der Waals surface area contributed by atoms with Crippen LogP contribution >= 0.6 is 0 Å². The molecule has 0 bridgehead atoms. The lowest BCUT2D eigenvalue weighted by Gasteiger charge is -2.14. The number of hydrogen-bond acceptors (Lipinski definition) is 1. The Bertz CT molecular complexity index is 152. The van der Waals surface area contributed by atoms with Crippen LogP contribution in [0.2, 0.25) is 0 Å². The fourth-order valence-electron chi connectivity index (χ4n) is 1.19. The van der Waals surface area contributed by atoms with Crippen molar-refractivity contribution >= 4 is 0 Å². The Morgan fingerprint density at radius 1 is 1.25 bits per heavy atom. The Hall–Kier alpha value is -0.480. The molecule has 0 rings (SSSR count). The predicted molar refractivity (Wildman–Crippen MR) is 52.8 cm³/mol. The van der Waals surface area contributed by atoms with Crippen LogP contribution in [0.1, 0.15) is 46.5 Å². The SMILES string of the molecule is CCC#CC(CCC)C(O)CC. The Balaban J connectivity index is 4.02. The van der Waals surface area contributed by atoms with Crippen molar-refractivity contribution < 1.29 is 5.11 Å². The quantitative estimate of drug-likeness (QED) is 0.640. The predicted octanol–water partition coefficient (Wildman–Crippen LogP) is 2.59. The Kier molecular flexibility index (Phi) is 6.90. The molecule has 0 aliphatic heterocycles. The molecule has 0 amide bonds. The molecule has 0 saturated heterocycles. The number of hydrogen-bond donors (Lipinski definition) is 1. The maximum atomic E-state index is 9.57. The van der Waals surface area contributed by atoms with Gasteiger partial charge in [0.25, 0.3) is 0 Å². The minimum absolute atomic E-state index is 0.194. The van der Waals surface area contributed by atoms with Crippen LogP contribution < -0.4 is 0 Å². The Morgan fingerprint density at radius 2 is 1.92 bits per heavy atom. The molecule has 0 fully saturated rings. The lowest BCUT2D eigenvalue weighted by molar-refractivity contribution is 0.125. The van der Waals surface area contributed by atoms with Gasteiger partial charge in [0.1, 0.15) is 0 Å². The molecule has 12 heavy (non-hydrogen) atoms. The lowest BCUT2D eigenvalue weighted by atomic mass is 9.96. The Morgan fingerprint density at radius 3 is 2.33 bits per heavy atom. The highest BCUT2D eigenvalue weighted by molar-refractivity contribution is 5.04. The summed E-state index contributed by atoms with van der Waals surface area (Å²) in [5, 5.41) is 9.57. The maximum Gasteiger partial charge on any atom is 0.0675 e. The molecule has 0 aromatic heterocycles. The first-order valence-electron chi connectivity index (χ1n) is 4.92. The third-order valence-electron chi connectivity index (χ3n) is 1.95. The molecule has 70 valence electrons. The summed E-state index contributed by atoms with van der Waals surface area (Å²) in [5.41, 5.74) is 0. The molecule has 1 heteroatoms. The van der Waals surface area contributed by atoms with Crippen LogP contribution in [-0.4, -0.2) is 11.2 Å². The molecule has 0 saturated carbocycles. The van der Waals surface area contributed by atoms with E-state index >= 15 is 0 Å². The topological polar surface area (TPSA) is 20.2 Å². The van der Waals surface area contributed by atoms with Gasteiger partial charge in [-0.1, -0.05) is 33.1 Å². The minimum atomic E-state index is -0.232. The van der Waals surface area contributed by atoms with E-state index in [1.165, 1.54) is 0 Å². The minimum Gasteiger partial charge on any atom is -0.392 e. The molecule has 0 aromatic carbocycles.